The Morgan fingerprint density at radius 2 is 2.05 bits per heavy atom. The van der Waals surface area contributed by atoms with E-state index < -0.39 is 0 Å². The Balaban J connectivity index is 1.49. The van der Waals surface area contributed by atoms with Crippen LogP contribution in [0.5, 0.6) is 0 Å². The van der Waals surface area contributed by atoms with E-state index in [9.17, 15) is 4.79 Å². The predicted octanol–water partition coefficient (Wildman–Crippen LogP) is 2.56. The van der Waals surface area contributed by atoms with Crippen LogP contribution in [0, 0.1) is 5.92 Å². The van der Waals surface area contributed by atoms with Crippen LogP contribution in [0.1, 0.15) is 38.5 Å². The zero-order chi connectivity index (χ0) is 14.2. The van der Waals surface area contributed by atoms with Gasteiger partial charge < -0.3 is 10.2 Å². The summed E-state index contributed by atoms with van der Waals surface area (Å²) in [7, 11) is 0. The first kappa shape index (κ1) is 13.3. The van der Waals surface area contributed by atoms with Crippen molar-refractivity contribution in [3.05, 3.63) is 35.5 Å². The second-order valence-electron chi connectivity index (χ2n) is 6.83. The number of nitrogens with one attached hydrogen (secondary N) is 1. The van der Waals surface area contributed by atoms with Gasteiger partial charge in [-0.05, 0) is 30.9 Å². The molecule has 2 fully saturated rings. The molecule has 1 amide bonds. The van der Waals surface area contributed by atoms with Gasteiger partial charge in [0.05, 0.1) is 6.04 Å². The number of rotatable bonds is 3. The first-order valence-corrected chi connectivity index (χ1v) is 8.46. The summed E-state index contributed by atoms with van der Waals surface area (Å²) in [6.45, 7) is 1.65. The minimum Gasteiger partial charge on any atom is -0.331 e. The fourth-order valence-corrected chi connectivity index (χ4v) is 4.35. The molecule has 112 valence electrons. The van der Waals surface area contributed by atoms with E-state index in [0.717, 1.165) is 25.1 Å². The van der Waals surface area contributed by atoms with E-state index in [4.69, 9.17) is 0 Å². The maximum absolute atomic E-state index is 12.7. The van der Waals surface area contributed by atoms with Crippen molar-refractivity contribution in [3.8, 4) is 0 Å². The molecule has 0 aromatic carbocycles. The summed E-state index contributed by atoms with van der Waals surface area (Å²) >= 11 is 0. The first-order valence-electron chi connectivity index (χ1n) is 8.46. The van der Waals surface area contributed by atoms with Crippen molar-refractivity contribution in [3.63, 3.8) is 0 Å². The Morgan fingerprint density at radius 1 is 1.19 bits per heavy atom. The minimum atomic E-state index is 0.262. The lowest BCUT2D eigenvalue weighted by Gasteiger charge is -2.35. The SMILES string of the molecule is O=C1C(CNC2CCCCC2)=CC2=CC=CC3CCN1C23. The molecular formula is C18H24N2O. The Kier molecular flexibility index (Phi) is 3.46. The van der Waals surface area contributed by atoms with Crippen molar-refractivity contribution in [2.45, 2.75) is 50.6 Å². The van der Waals surface area contributed by atoms with Gasteiger partial charge in [0.2, 0.25) is 0 Å². The summed E-state index contributed by atoms with van der Waals surface area (Å²) in [4.78, 5) is 14.8. The molecular weight excluding hydrogens is 260 g/mol. The molecule has 2 aliphatic heterocycles. The van der Waals surface area contributed by atoms with Crippen LogP contribution in [0.25, 0.3) is 0 Å². The lowest BCUT2D eigenvalue weighted by Crippen LogP contribution is -2.45. The van der Waals surface area contributed by atoms with Crippen LogP contribution in [-0.4, -0.2) is 36.0 Å². The molecule has 21 heavy (non-hydrogen) atoms. The molecule has 3 heteroatoms. The zero-order valence-electron chi connectivity index (χ0n) is 12.6. The van der Waals surface area contributed by atoms with E-state index in [1.807, 2.05) is 0 Å². The highest BCUT2D eigenvalue weighted by atomic mass is 16.2. The van der Waals surface area contributed by atoms with E-state index in [0.29, 0.717) is 18.0 Å². The van der Waals surface area contributed by atoms with E-state index in [1.165, 1.54) is 37.7 Å². The summed E-state index contributed by atoms with van der Waals surface area (Å²) in [5.41, 5.74) is 2.29. The summed E-state index contributed by atoms with van der Waals surface area (Å²) < 4.78 is 0. The topological polar surface area (TPSA) is 32.3 Å². The molecule has 0 aromatic rings. The Bertz CT molecular complexity index is 525. The van der Waals surface area contributed by atoms with Crippen molar-refractivity contribution in [1.82, 2.24) is 10.2 Å². The van der Waals surface area contributed by atoms with Crippen molar-refractivity contribution in [2.24, 2.45) is 5.92 Å². The van der Waals surface area contributed by atoms with Crippen LogP contribution >= 0.6 is 0 Å². The second-order valence-corrected chi connectivity index (χ2v) is 6.83. The van der Waals surface area contributed by atoms with Crippen molar-refractivity contribution >= 4 is 5.91 Å². The largest absolute Gasteiger partial charge is 0.331 e. The molecule has 3 nitrogen and oxygen atoms in total. The molecule has 0 radical (unpaired) electrons. The lowest BCUT2D eigenvalue weighted by atomic mass is 9.85. The molecule has 1 N–H and O–H groups in total. The number of hydrogen-bond donors (Lipinski definition) is 1. The normalized spacial score (nSPS) is 32.0. The monoisotopic (exact) mass is 284 g/mol. The van der Waals surface area contributed by atoms with Crippen LogP contribution in [-0.2, 0) is 4.79 Å². The highest BCUT2D eigenvalue weighted by Gasteiger charge is 2.42. The summed E-state index contributed by atoms with van der Waals surface area (Å²) in [6, 6.07) is 0.928. The zero-order valence-corrected chi connectivity index (χ0v) is 12.6. The van der Waals surface area contributed by atoms with Gasteiger partial charge >= 0.3 is 0 Å². The van der Waals surface area contributed by atoms with Gasteiger partial charge in [0, 0.05) is 30.6 Å². The highest BCUT2D eigenvalue weighted by Crippen LogP contribution is 2.38. The molecule has 0 bridgehead atoms. The fraction of sp³-hybridized carbons (Fsp3) is 0.611. The molecule has 1 saturated carbocycles. The number of amides is 1. The van der Waals surface area contributed by atoms with Gasteiger partial charge in [0.25, 0.3) is 5.91 Å². The molecule has 2 heterocycles. The van der Waals surface area contributed by atoms with E-state index in [-0.39, 0.29) is 5.91 Å². The summed E-state index contributed by atoms with van der Waals surface area (Å²) in [6.07, 6.45) is 16.4. The highest BCUT2D eigenvalue weighted by molar-refractivity contribution is 5.97. The number of nitrogens with zero attached hydrogens (tertiary/aromatic N) is 1. The third-order valence-corrected chi connectivity index (χ3v) is 5.50. The Morgan fingerprint density at radius 3 is 2.90 bits per heavy atom. The van der Waals surface area contributed by atoms with Crippen molar-refractivity contribution < 1.29 is 4.79 Å². The third kappa shape index (κ3) is 2.38. The van der Waals surface area contributed by atoms with Gasteiger partial charge in [0.15, 0.2) is 0 Å². The molecule has 2 unspecified atom stereocenters. The standard InChI is InChI=1S/C18H24N2O/c21-18-15(12-19-16-7-2-1-3-8-16)11-14-6-4-5-13-9-10-20(18)17(13)14/h4-6,11,13,16-17,19H,1-3,7-10,12H2. The quantitative estimate of drug-likeness (QED) is 0.864. The fourth-order valence-electron chi connectivity index (χ4n) is 4.35. The van der Waals surface area contributed by atoms with Gasteiger partial charge in [-0.3, -0.25) is 4.79 Å². The molecule has 2 atom stereocenters. The van der Waals surface area contributed by atoms with E-state index >= 15 is 0 Å². The van der Waals surface area contributed by atoms with Crippen LogP contribution < -0.4 is 5.32 Å². The summed E-state index contributed by atoms with van der Waals surface area (Å²) in [5.74, 6) is 0.802. The number of allylic oxidation sites excluding steroid dienone is 2. The lowest BCUT2D eigenvalue weighted by molar-refractivity contribution is -0.128. The number of carbonyl (C=O) groups is 1. The molecule has 4 rings (SSSR count). The number of hydrogen-bond acceptors (Lipinski definition) is 2. The van der Waals surface area contributed by atoms with Gasteiger partial charge in [-0.2, -0.15) is 0 Å². The van der Waals surface area contributed by atoms with Crippen LogP contribution in [0.4, 0.5) is 0 Å². The molecule has 1 saturated heterocycles. The smallest absolute Gasteiger partial charge is 0.251 e. The van der Waals surface area contributed by atoms with Gasteiger partial charge in [-0.1, -0.05) is 37.5 Å². The molecule has 4 aliphatic rings. The molecule has 2 aliphatic carbocycles. The van der Waals surface area contributed by atoms with Crippen LogP contribution in [0.2, 0.25) is 0 Å². The van der Waals surface area contributed by atoms with Crippen molar-refractivity contribution in [2.75, 3.05) is 13.1 Å². The predicted molar refractivity (Wildman–Crippen MR) is 83.8 cm³/mol. The van der Waals surface area contributed by atoms with Crippen LogP contribution in [0.3, 0.4) is 0 Å². The maximum atomic E-state index is 12.7. The Hall–Kier alpha value is -1.35. The average Bonchev–Trinajstić information content (AvgIpc) is 2.96. The van der Waals surface area contributed by atoms with Gasteiger partial charge in [0.1, 0.15) is 0 Å². The van der Waals surface area contributed by atoms with Gasteiger partial charge in [-0.15, -0.1) is 0 Å². The minimum absolute atomic E-state index is 0.262. The summed E-state index contributed by atoms with van der Waals surface area (Å²) in [5, 5.41) is 3.61. The maximum Gasteiger partial charge on any atom is 0.251 e. The first-order chi connectivity index (χ1) is 10.3. The second kappa shape index (κ2) is 5.45. The van der Waals surface area contributed by atoms with Crippen LogP contribution in [0.15, 0.2) is 35.5 Å². The third-order valence-electron chi connectivity index (χ3n) is 5.50. The van der Waals surface area contributed by atoms with E-state index in [1.54, 1.807) is 0 Å². The Labute approximate surface area is 126 Å². The van der Waals surface area contributed by atoms with Crippen molar-refractivity contribution in [1.29, 1.82) is 0 Å². The molecule has 0 spiro atoms. The van der Waals surface area contributed by atoms with E-state index in [2.05, 4.69) is 34.5 Å². The van der Waals surface area contributed by atoms with Gasteiger partial charge in [-0.25, -0.2) is 0 Å². The molecule has 0 aromatic heterocycles. The number of carbonyl (C=O) groups excluding carboxylic acids is 1. The average molecular weight is 284 g/mol.